The fraction of sp³-hybridized carbons (Fsp3) is 0.462. The number of methoxy groups -OCH3 is 1. The highest BCUT2D eigenvalue weighted by atomic mass is 16.5. The Kier molecular flexibility index (Phi) is 2.61. The minimum Gasteiger partial charge on any atom is -0.380 e. The molecule has 4 heteroatoms. The zero-order chi connectivity index (χ0) is 11.8. The van der Waals surface area contributed by atoms with Crippen LogP contribution in [0.2, 0.25) is 0 Å². The van der Waals surface area contributed by atoms with E-state index in [0.717, 1.165) is 29.8 Å². The highest BCUT2D eigenvalue weighted by molar-refractivity contribution is 5.75. The van der Waals surface area contributed by atoms with Crippen LogP contribution in [0.5, 0.6) is 0 Å². The largest absolute Gasteiger partial charge is 0.380 e. The number of aryl methyl sites for hydroxylation is 1. The summed E-state index contributed by atoms with van der Waals surface area (Å²) in [6.07, 6.45) is 1.28. The summed E-state index contributed by atoms with van der Waals surface area (Å²) in [5, 5.41) is 3.43. The van der Waals surface area contributed by atoms with Gasteiger partial charge in [0.05, 0.1) is 23.2 Å². The van der Waals surface area contributed by atoms with Crippen molar-refractivity contribution in [2.24, 2.45) is 0 Å². The average molecular weight is 231 g/mol. The number of fused-ring (bicyclic) bond motifs is 1. The predicted octanol–water partition coefficient (Wildman–Crippen LogP) is 1.92. The number of hydrogen-bond donors (Lipinski definition) is 2. The van der Waals surface area contributed by atoms with Crippen molar-refractivity contribution < 1.29 is 4.74 Å². The molecule has 1 saturated heterocycles. The Hall–Kier alpha value is -1.39. The Labute approximate surface area is 100 Å². The van der Waals surface area contributed by atoms with Crippen molar-refractivity contribution in [1.82, 2.24) is 15.3 Å². The van der Waals surface area contributed by atoms with E-state index in [1.165, 1.54) is 5.56 Å². The van der Waals surface area contributed by atoms with Crippen LogP contribution in [0, 0.1) is 6.92 Å². The molecule has 1 aliphatic heterocycles. The molecule has 4 nitrogen and oxygen atoms in total. The summed E-state index contributed by atoms with van der Waals surface area (Å²) in [6, 6.07) is 6.57. The van der Waals surface area contributed by atoms with Gasteiger partial charge in [-0.2, -0.15) is 0 Å². The molecular weight excluding hydrogens is 214 g/mol. The zero-order valence-corrected chi connectivity index (χ0v) is 10.2. The fourth-order valence-corrected chi connectivity index (χ4v) is 2.40. The third-order valence-electron chi connectivity index (χ3n) is 3.41. The number of ether oxygens (including phenoxy) is 1. The summed E-state index contributed by atoms with van der Waals surface area (Å²) >= 11 is 0. The van der Waals surface area contributed by atoms with Gasteiger partial charge in [0.1, 0.15) is 5.82 Å². The molecule has 0 radical (unpaired) electrons. The topological polar surface area (TPSA) is 49.9 Å². The molecule has 2 atom stereocenters. The first-order valence-corrected chi connectivity index (χ1v) is 5.98. The van der Waals surface area contributed by atoms with Crippen LogP contribution in [-0.2, 0) is 4.74 Å². The fourth-order valence-electron chi connectivity index (χ4n) is 2.40. The monoisotopic (exact) mass is 231 g/mol. The maximum Gasteiger partial charge on any atom is 0.124 e. The van der Waals surface area contributed by atoms with Gasteiger partial charge in [-0.15, -0.1) is 0 Å². The minimum absolute atomic E-state index is 0.285. The molecule has 1 aromatic heterocycles. The predicted molar refractivity (Wildman–Crippen MR) is 67.0 cm³/mol. The molecule has 0 bridgehead atoms. The molecule has 90 valence electrons. The van der Waals surface area contributed by atoms with Crippen molar-refractivity contribution in [3.05, 3.63) is 29.6 Å². The second kappa shape index (κ2) is 4.13. The van der Waals surface area contributed by atoms with E-state index in [1.54, 1.807) is 7.11 Å². The van der Waals surface area contributed by atoms with E-state index in [2.05, 4.69) is 40.4 Å². The van der Waals surface area contributed by atoms with Crippen molar-refractivity contribution in [3.8, 4) is 0 Å². The van der Waals surface area contributed by atoms with E-state index < -0.39 is 0 Å². The van der Waals surface area contributed by atoms with Crippen molar-refractivity contribution in [2.45, 2.75) is 25.5 Å². The van der Waals surface area contributed by atoms with E-state index in [4.69, 9.17) is 4.74 Å². The van der Waals surface area contributed by atoms with Crippen molar-refractivity contribution in [1.29, 1.82) is 0 Å². The number of nitrogens with zero attached hydrogens (tertiary/aromatic N) is 1. The molecule has 0 saturated carbocycles. The molecule has 1 aromatic carbocycles. The number of aromatic nitrogens is 2. The third-order valence-corrected chi connectivity index (χ3v) is 3.41. The number of nitrogens with one attached hydrogen (secondary N) is 2. The van der Waals surface area contributed by atoms with Gasteiger partial charge in [0.15, 0.2) is 0 Å². The summed E-state index contributed by atoms with van der Waals surface area (Å²) in [4.78, 5) is 8.02. The lowest BCUT2D eigenvalue weighted by Gasteiger charge is -2.06. The minimum atomic E-state index is 0.285. The highest BCUT2D eigenvalue weighted by Gasteiger charge is 2.27. The van der Waals surface area contributed by atoms with Crippen LogP contribution >= 0.6 is 0 Å². The van der Waals surface area contributed by atoms with Gasteiger partial charge in [-0.3, -0.25) is 0 Å². The first-order chi connectivity index (χ1) is 8.26. The maximum atomic E-state index is 5.35. The second-order valence-electron chi connectivity index (χ2n) is 4.70. The van der Waals surface area contributed by atoms with E-state index >= 15 is 0 Å². The molecule has 0 spiro atoms. The molecule has 1 fully saturated rings. The number of imidazole rings is 1. The molecule has 2 heterocycles. The standard InChI is InChI=1S/C13H17N3O/c1-8-3-4-10-11(5-8)16-13(15-10)12-6-9(17-2)7-14-12/h3-5,9,12,14H,6-7H2,1-2H3,(H,15,16). The van der Waals surface area contributed by atoms with E-state index in [1.807, 2.05) is 0 Å². The van der Waals surface area contributed by atoms with Gasteiger partial charge in [0.2, 0.25) is 0 Å². The van der Waals surface area contributed by atoms with Crippen molar-refractivity contribution in [2.75, 3.05) is 13.7 Å². The maximum absolute atomic E-state index is 5.35. The second-order valence-corrected chi connectivity index (χ2v) is 4.70. The Balaban J connectivity index is 1.91. The van der Waals surface area contributed by atoms with Gasteiger partial charge in [-0.1, -0.05) is 6.07 Å². The Morgan fingerprint density at radius 2 is 2.29 bits per heavy atom. The van der Waals surface area contributed by atoms with Crippen molar-refractivity contribution in [3.63, 3.8) is 0 Å². The molecule has 0 aliphatic carbocycles. The molecule has 17 heavy (non-hydrogen) atoms. The first-order valence-electron chi connectivity index (χ1n) is 5.98. The lowest BCUT2D eigenvalue weighted by atomic mass is 10.2. The van der Waals surface area contributed by atoms with Gasteiger partial charge < -0.3 is 15.0 Å². The number of H-pyrrole nitrogens is 1. The summed E-state index contributed by atoms with van der Waals surface area (Å²) < 4.78 is 5.35. The Morgan fingerprint density at radius 3 is 3.06 bits per heavy atom. The van der Waals surface area contributed by atoms with Crippen molar-refractivity contribution >= 4 is 11.0 Å². The number of benzene rings is 1. The zero-order valence-electron chi connectivity index (χ0n) is 10.2. The smallest absolute Gasteiger partial charge is 0.124 e. The van der Waals surface area contributed by atoms with E-state index in [-0.39, 0.29) is 6.04 Å². The highest BCUT2D eigenvalue weighted by Crippen LogP contribution is 2.24. The van der Waals surface area contributed by atoms with Crippen LogP contribution in [0.15, 0.2) is 18.2 Å². The van der Waals surface area contributed by atoms with Crippen LogP contribution in [0.3, 0.4) is 0 Å². The molecule has 0 amide bonds. The SMILES string of the molecule is COC1CNC(c2nc3ccc(C)cc3[nH]2)C1. The van der Waals surface area contributed by atoms with Gasteiger partial charge in [0, 0.05) is 13.7 Å². The molecule has 3 rings (SSSR count). The normalized spacial score (nSPS) is 24.6. The number of aromatic amines is 1. The molecule has 2 unspecified atom stereocenters. The van der Waals surface area contributed by atoms with Gasteiger partial charge in [-0.25, -0.2) is 4.98 Å². The summed E-state index contributed by atoms with van der Waals surface area (Å²) in [5.74, 6) is 1.02. The van der Waals surface area contributed by atoms with Crippen LogP contribution in [-0.4, -0.2) is 29.7 Å². The number of hydrogen-bond acceptors (Lipinski definition) is 3. The molecular formula is C13H17N3O. The summed E-state index contributed by atoms with van der Waals surface area (Å²) in [7, 11) is 1.76. The quantitative estimate of drug-likeness (QED) is 0.830. The molecule has 1 aliphatic rings. The van der Waals surface area contributed by atoms with Gasteiger partial charge >= 0.3 is 0 Å². The van der Waals surface area contributed by atoms with Crippen LogP contribution in [0.25, 0.3) is 11.0 Å². The molecule has 2 N–H and O–H groups in total. The lowest BCUT2D eigenvalue weighted by molar-refractivity contribution is 0.117. The van der Waals surface area contributed by atoms with E-state index in [9.17, 15) is 0 Å². The average Bonchev–Trinajstić information content (AvgIpc) is 2.93. The Bertz CT molecular complexity index is 534. The first kappa shape index (κ1) is 10.7. The van der Waals surface area contributed by atoms with Gasteiger partial charge in [-0.05, 0) is 31.0 Å². The Morgan fingerprint density at radius 1 is 1.41 bits per heavy atom. The van der Waals surface area contributed by atoms with Crippen LogP contribution in [0.4, 0.5) is 0 Å². The van der Waals surface area contributed by atoms with Crippen LogP contribution < -0.4 is 5.32 Å². The summed E-state index contributed by atoms with van der Waals surface area (Å²) in [5.41, 5.74) is 3.40. The number of rotatable bonds is 2. The molecule has 2 aromatic rings. The van der Waals surface area contributed by atoms with Gasteiger partial charge in [0.25, 0.3) is 0 Å². The lowest BCUT2D eigenvalue weighted by Crippen LogP contribution is -2.16. The third kappa shape index (κ3) is 1.94. The van der Waals surface area contributed by atoms with Crippen LogP contribution in [0.1, 0.15) is 23.9 Å². The summed E-state index contributed by atoms with van der Waals surface area (Å²) in [6.45, 7) is 2.99. The van der Waals surface area contributed by atoms with E-state index in [0.29, 0.717) is 6.10 Å².